The average Bonchev–Trinajstić information content (AvgIpc) is 3.45. The lowest BCUT2D eigenvalue weighted by Gasteiger charge is -2.14. The topological polar surface area (TPSA) is 63.9 Å². The molecule has 1 aliphatic rings. The zero-order valence-corrected chi connectivity index (χ0v) is 18.2. The SMILES string of the molecule is O=C(CCCSc1nnc2c3ccccc3n(Cc3ccccc3)c2n1)N1CCCC1. The van der Waals surface area contributed by atoms with Gasteiger partial charge in [-0.15, -0.1) is 10.2 Å². The van der Waals surface area contributed by atoms with E-state index in [1.54, 1.807) is 11.8 Å². The Hall–Kier alpha value is -2.93. The molecule has 0 bridgehead atoms. The molecule has 0 atom stereocenters. The Balaban J connectivity index is 1.35. The number of rotatable bonds is 7. The number of para-hydroxylation sites is 1. The summed E-state index contributed by atoms with van der Waals surface area (Å²) in [6.45, 7) is 2.57. The summed E-state index contributed by atoms with van der Waals surface area (Å²) in [5.41, 5.74) is 4.02. The number of benzene rings is 2. The van der Waals surface area contributed by atoms with Crippen LogP contribution in [0.3, 0.4) is 0 Å². The summed E-state index contributed by atoms with van der Waals surface area (Å²) in [6.07, 6.45) is 3.69. The monoisotopic (exact) mass is 431 g/mol. The minimum atomic E-state index is 0.274. The predicted octanol–water partition coefficient (Wildman–Crippen LogP) is 4.52. The lowest BCUT2D eigenvalue weighted by Crippen LogP contribution is -2.27. The Kier molecular flexibility index (Phi) is 5.84. The first-order valence-corrected chi connectivity index (χ1v) is 11.8. The lowest BCUT2D eigenvalue weighted by atomic mass is 10.2. The molecule has 4 aromatic rings. The number of hydrogen-bond acceptors (Lipinski definition) is 5. The quantitative estimate of drug-likeness (QED) is 0.318. The summed E-state index contributed by atoms with van der Waals surface area (Å²) in [5.74, 6) is 1.08. The molecular weight excluding hydrogens is 406 g/mol. The van der Waals surface area contributed by atoms with E-state index in [4.69, 9.17) is 4.98 Å². The number of amides is 1. The fourth-order valence-electron chi connectivity index (χ4n) is 4.19. The highest BCUT2D eigenvalue weighted by Gasteiger charge is 2.18. The van der Waals surface area contributed by atoms with E-state index >= 15 is 0 Å². The van der Waals surface area contributed by atoms with Crippen molar-refractivity contribution >= 4 is 39.7 Å². The molecule has 1 saturated heterocycles. The van der Waals surface area contributed by atoms with Crippen LogP contribution in [0.15, 0.2) is 59.8 Å². The van der Waals surface area contributed by atoms with Crippen LogP contribution in [0.4, 0.5) is 0 Å². The van der Waals surface area contributed by atoms with Gasteiger partial charge in [0.15, 0.2) is 5.65 Å². The molecule has 1 fully saturated rings. The van der Waals surface area contributed by atoms with Gasteiger partial charge >= 0.3 is 0 Å². The first kappa shape index (κ1) is 20.0. The van der Waals surface area contributed by atoms with Gasteiger partial charge in [-0.25, -0.2) is 4.98 Å². The maximum absolute atomic E-state index is 12.2. The van der Waals surface area contributed by atoms with Gasteiger partial charge in [0.25, 0.3) is 0 Å². The minimum absolute atomic E-state index is 0.274. The first-order chi connectivity index (χ1) is 15.3. The van der Waals surface area contributed by atoms with Crippen LogP contribution in [-0.4, -0.2) is 49.4 Å². The van der Waals surface area contributed by atoms with Gasteiger partial charge in [0.1, 0.15) is 5.52 Å². The standard InChI is InChI=1S/C24H25N5OS/c30-21(28-14-6-7-15-28)13-8-16-31-24-25-23-22(26-27-24)19-11-4-5-12-20(19)29(23)17-18-9-2-1-3-10-18/h1-5,9-12H,6-8,13-17H2. The third-order valence-corrected chi connectivity index (χ3v) is 6.69. The number of carbonyl (C=O) groups excluding carboxylic acids is 1. The number of hydrogen-bond donors (Lipinski definition) is 0. The van der Waals surface area contributed by atoms with Crippen molar-refractivity contribution in [2.45, 2.75) is 37.4 Å². The predicted molar refractivity (Wildman–Crippen MR) is 124 cm³/mol. The van der Waals surface area contributed by atoms with Gasteiger partial charge in [-0.3, -0.25) is 4.79 Å². The number of nitrogens with zero attached hydrogens (tertiary/aromatic N) is 5. The van der Waals surface area contributed by atoms with Gasteiger partial charge in [-0.2, -0.15) is 0 Å². The van der Waals surface area contributed by atoms with Crippen molar-refractivity contribution in [3.8, 4) is 0 Å². The van der Waals surface area contributed by atoms with Crippen LogP contribution in [0.5, 0.6) is 0 Å². The number of likely N-dealkylation sites (tertiary alicyclic amines) is 1. The summed E-state index contributed by atoms with van der Waals surface area (Å²) in [7, 11) is 0. The zero-order chi connectivity index (χ0) is 21.0. The first-order valence-electron chi connectivity index (χ1n) is 10.9. The van der Waals surface area contributed by atoms with Gasteiger partial charge in [0.2, 0.25) is 11.1 Å². The molecular formula is C24H25N5OS. The molecule has 1 aliphatic heterocycles. The van der Waals surface area contributed by atoms with Crippen molar-refractivity contribution in [3.05, 3.63) is 60.2 Å². The smallest absolute Gasteiger partial charge is 0.222 e. The van der Waals surface area contributed by atoms with Crippen molar-refractivity contribution in [3.63, 3.8) is 0 Å². The molecule has 0 saturated carbocycles. The highest BCUT2D eigenvalue weighted by molar-refractivity contribution is 7.99. The van der Waals surface area contributed by atoms with Crippen LogP contribution in [0.25, 0.3) is 22.1 Å². The molecule has 158 valence electrons. The summed E-state index contributed by atoms with van der Waals surface area (Å²) in [4.78, 5) is 19.1. The van der Waals surface area contributed by atoms with Gasteiger partial charge in [0, 0.05) is 37.2 Å². The van der Waals surface area contributed by atoms with E-state index in [0.717, 1.165) is 66.7 Å². The second-order valence-corrected chi connectivity index (χ2v) is 8.96. The van der Waals surface area contributed by atoms with E-state index in [9.17, 15) is 4.79 Å². The third-order valence-electron chi connectivity index (χ3n) is 5.76. The van der Waals surface area contributed by atoms with Crippen molar-refractivity contribution in [2.75, 3.05) is 18.8 Å². The summed E-state index contributed by atoms with van der Waals surface area (Å²) >= 11 is 1.58. The van der Waals surface area contributed by atoms with E-state index in [0.29, 0.717) is 11.6 Å². The van der Waals surface area contributed by atoms with Gasteiger partial charge in [0.05, 0.1) is 5.52 Å². The van der Waals surface area contributed by atoms with Crippen LogP contribution in [-0.2, 0) is 11.3 Å². The minimum Gasteiger partial charge on any atom is -0.343 e. The maximum atomic E-state index is 12.2. The molecule has 1 amide bonds. The molecule has 2 aromatic carbocycles. The lowest BCUT2D eigenvalue weighted by molar-refractivity contribution is -0.130. The van der Waals surface area contributed by atoms with E-state index in [1.807, 2.05) is 23.1 Å². The Bertz CT molecular complexity index is 1200. The van der Waals surface area contributed by atoms with E-state index < -0.39 is 0 Å². The molecule has 0 unspecified atom stereocenters. The highest BCUT2D eigenvalue weighted by atomic mass is 32.2. The van der Waals surface area contributed by atoms with Crippen LogP contribution in [0.1, 0.15) is 31.2 Å². The van der Waals surface area contributed by atoms with E-state index in [2.05, 4.69) is 51.2 Å². The maximum Gasteiger partial charge on any atom is 0.222 e. The van der Waals surface area contributed by atoms with Gasteiger partial charge in [-0.1, -0.05) is 60.3 Å². The third kappa shape index (κ3) is 4.28. The van der Waals surface area contributed by atoms with E-state index in [1.165, 1.54) is 5.56 Å². The number of aromatic nitrogens is 4. The highest BCUT2D eigenvalue weighted by Crippen LogP contribution is 2.28. The van der Waals surface area contributed by atoms with Crippen molar-refractivity contribution in [1.29, 1.82) is 0 Å². The van der Waals surface area contributed by atoms with Crippen LogP contribution < -0.4 is 0 Å². The number of fused-ring (bicyclic) bond motifs is 3. The van der Waals surface area contributed by atoms with Gasteiger partial charge < -0.3 is 9.47 Å². The van der Waals surface area contributed by atoms with Crippen molar-refractivity contribution < 1.29 is 4.79 Å². The molecule has 0 N–H and O–H groups in total. The Morgan fingerprint density at radius 1 is 0.968 bits per heavy atom. The molecule has 2 aromatic heterocycles. The molecule has 5 rings (SSSR count). The summed E-state index contributed by atoms with van der Waals surface area (Å²) in [6, 6.07) is 18.7. The fourth-order valence-corrected chi connectivity index (χ4v) is 4.91. The number of carbonyl (C=O) groups is 1. The molecule has 7 heteroatoms. The molecule has 0 aliphatic carbocycles. The Morgan fingerprint density at radius 2 is 1.74 bits per heavy atom. The fraction of sp³-hybridized carbons (Fsp3) is 0.333. The number of thioether (sulfide) groups is 1. The largest absolute Gasteiger partial charge is 0.343 e. The van der Waals surface area contributed by atoms with Crippen LogP contribution >= 0.6 is 11.8 Å². The van der Waals surface area contributed by atoms with Crippen molar-refractivity contribution in [2.24, 2.45) is 0 Å². The Morgan fingerprint density at radius 3 is 2.58 bits per heavy atom. The van der Waals surface area contributed by atoms with Gasteiger partial charge in [-0.05, 0) is 30.9 Å². The summed E-state index contributed by atoms with van der Waals surface area (Å²) < 4.78 is 2.22. The molecule has 6 nitrogen and oxygen atoms in total. The normalized spacial score (nSPS) is 14.0. The van der Waals surface area contributed by atoms with Crippen LogP contribution in [0, 0.1) is 0 Å². The molecule has 0 radical (unpaired) electrons. The molecule has 0 spiro atoms. The average molecular weight is 432 g/mol. The molecule has 31 heavy (non-hydrogen) atoms. The van der Waals surface area contributed by atoms with Crippen LogP contribution in [0.2, 0.25) is 0 Å². The molecule has 3 heterocycles. The zero-order valence-electron chi connectivity index (χ0n) is 17.4. The van der Waals surface area contributed by atoms with Crippen molar-refractivity contribution in [1.82, 2.24) is 24.6 Å². The summed E-state index contributed by atoms with van der Waals surface area (Å²) in [5, 5.41) is 10.6. The van der Waals surface area contributed by atoms with E-state index in [-0.39, 0.29) is 5.91 Å². The second-order valence-electron chi connectivity index (χ2n) is 7.90. The Labute approximate surface area is 185 Å². The second kappa shape index (κ2) is 9.06.